The topological polar surface area (TPSA) is 92.9 Å². The van der Waals surface area contributed by atoms with Gasteiger partial charge in [-0.3, -0.25) is 9.69 Å². The van der Waals surface area contributed by atoms with Crippen molar-refractivity contribution in [2.45, 2.75) is 11.6 Å². The highest BCUT2D eigenvalue weighted by molar-refractivity contribution is 8.00. The Morgan fingerprint density at radius 2 is 2.50 bits per heavy atom. The van der Waals surface area contributed by atoms with Crippen molar-refractivity contribution in [3.05, 3.63) is 11.8 Å². The second-order valence-corrected chi connectivity index (χ2v) is 4.70. The molecule has 2 rings (SSSR count). The summed E-state index contributed by atoms with van der Waals surface area (Å²) in [6.45, 7) is 0. The van der Waals surface area contributed by atoms with Crippen LogP contribution in [-0.2, 0) is 14.3 Å². The van der Waals surface area contributed by atoms with Crippen molar-refractivity contribution in [2.75, 3.05) is 12.9 Å². The van der Waals surface area contributed by atoms with Gasteiger partial charge in [0.15, 0.2) is 0 Å². The van der Waals surface area contributed by atoms with Gasteiger partial charge in [-0.1, -0.05) is 0 Å². The first-order chi connectivity index (χ1) is 7.57. The number of carbonyl (C=O) groups excluding carboxylic acids is 1. The molecule has 0 radical (unpaired) electrons. The van der Waals surface area contributed by atoms with Crippen LogP contribution in [0.25, 0.3) is 0 Å². The number of β-lactam (4-membered cyclic amide) rings is 1. The highest BCUT2D eigenvalue weighted by Crippen LogP contribution is 2.42. The molecular weight excluding hydrogens is 232 g/mol. The average Bonchev–Trinajstić information content (AvgIpc) is 2.27. The van der Waals surface area contributed by atoms with E-state index in [2.05, 4.69) is 0 Å². The van der Waals surface area contributed by atoms with Gasteiger partial charge in [-0.2, -0.15) is 0 Å². The highest BCUT2D eigenvalue weighted by atomic mass is 32.2. The number of hydrogen-bond acceptors (Lipinski definition) is 5. The summed E-state index contributed by atoms with van der Waals surface area (Å²) in [4.78, 5) is 23.9. The molecule has 0 aromatic heterocycles. The number of fused-ring (bicyclic) bond motifs is 1. The summed E-state index contributed by atoms with van der Waals surface area (Å²) in [7, 11) is 1.43. The lowest BCUT2D eigenvalue weighted by Crippen LogP contribution is -2.66. The first-order valence-electron chi connectivity index (χ1n) is 4.74. The van der Waals surface area contributed by atoms with Gasteiger partial charge in [0.1, 0.15) is 17.8 Å². The largest absolute Gasteiger partial charge is 0.477 e. The van der Waals surface area contributed by atoms with Gasteiger partial charge in [-0.25, -0.2) is 4.79 Å². The van der Waals surface area contributed by atoms with E-state index in [-0.39, 0.29) is 17.0 Å². The molecule has 1 fully saturated rings. The molecule has 3 N–H and O–H groups in total. The first kappa shape index (κ1) is 11.4. The van der Waals surface area contributed by atoms with E-state index in [0.29, 0.717) is 5.75 Å². The second-order valence-electron chi connectivity index (χ2n) is 3.55. The minimum atomic E-state index is -1.08. The number of nitrogens with two attached hydrogens (primary N) is 1. The Hall–Kier alpha value is -1.05. The first-order valence-corrected chi connectivity index (χ1v) is 5.79. The minimum Gasteiger partial charge on any atom is -0.477 e. The van der Waals surface area contributed by atoms with Gasteiger partial charge in [-0.15, -0.1) is 11.8 Å². The molecule has 2 aliphatic rings. The Morgan fingerprint density at radius 1 is 1.81 bits per heavy atom. The SMILES string of the molecule is COC(N)C1C(=O)N2C(C(=O)O)=CCS[C@@H]12. The van der Waals surface area contributed by atoms with E-state index < -0.39 is 18.1 Å². The summed E-state index contributed by atoms with van der Waals surface area (Å²) in [5.74, 6) is -1.23. The molecule has 0 aromatic rings. The number of ether oxygens (including phenoxy) is 1. The van der Waals surface area contributed by atoms with E-state index in [1.807, 2.05) is 0 Å². The van der Waals surface area contributed by atoms with Crippen molar-refractivity contribution in [1.82, 2.24) is 4.90 Å². The van der Waals surface area contributed by atoms with Crippen LogP contribution in [0.3, 0.4) is 0 Å². The summed E-state index contributed by atoms with van der Waals surface area (Å²) in [5, 5.41) is 8.72. The third-order valence-corrected chi connectivity index (χ3v) is 3.94. The molecule has 1 amide bonds. The number of methoxy groups -OCH3 is 1. The highest BCUT2D eigenvalue weighted by Gasteiger charge is 2.54. The fourth-order valence-electron chi connectivity index (χ4n) is 1.88. The van der Waals surface area contributed by atoms with Gasteiger partial charge in [0.05, 0.1) is 5.37 Å². The number of carbonyl (C=O) groups is 2. The van der Waals surface area contributed by atoms with Crippen molar-refractivity contribution in [2.24, 2.45) is 11.7 Å². The molecule has 0 bridgehead atoms. The number of rotatable bonds is 3. The smallest absolute Gasteiger partial charge is 0.352 e. The molecule has 2 heterocycles. The fourth-order valence-corrected chi connectivity index (χ4v) is 3.18. The van der Waals surface area contributed by atoms with Crippen LogP contribution in [0.4, 0.5) is 0 Å². The van der Waals surface area contributed by atoms with Crippen LogP contribution in [0, 0.1) is 5.92 Å². The number of carboxylic acids is 1. The molecule has 7 heteroatoms. The van der Waals surface area contributed by atoms with Crippen molar-refractivity contribution in [1.29, 1.82) is 0 Å². The number of hydrogen-bond donors (Lipinski definition) is 2. The molecule has 1 saturated heterocycles. The molecule has 2 aliphatic heterocycles. The van der Waals surface area contributed by atoms with Crippen LogP contribution in [0.5, 0.6) is 0 Å². The van der Waals surface area contributed by atoms with Crippen LogP contribution in [0.15, 0.2) is 11.8 Å². The van der Waals surface area contributed by atoms with Crippen molar-refractivity contribution < 1.29 is 19.4 Å². The van der Waals surface area contributed by atoms with Crippen molar-refractivity contribution in [3.8, 4) is 0 Å². The molecule has 0 aromatic carbocycles. The quantitative estimate of drug-likeness (QED) is 0.509. The molecule has 88 valence electrons. The molecule has 3 atom stereocenters. The Balaban J connectivity index is 2.19. The lowest BCUT2D eigenvalue weighted by Gasteiger charge is -2.49. The van der Waals surface area contributed by atoms with E-state index in [1.165, 1.54) is 29.8 Å². The summed E-state index contributed by atoms with van der Waals surface area (Å²) in [5.41, 5.74) is 5.70. The normalized spacial score (nSPS) is 30.2. The standard InChI is InChI=1S/C9H12N2O4S/c1-15-6(10)5-7(12)11-4(9(13)14)2-3-16-8(5)11/h2,5-6,8H,3,10H2,1H3,(H,13,14)/t5?,6?,8-/m0/s1. The number of thioether (sulfide) groups is 1. The van der Waals surface area contributed by atoms with Gasteiger partial charge < -0.3 is 15.6 Å². The Bertz CT molecular complexity index is 371. The lowest BCUT2D eigenvalue weighted by molar-refractivity contribution is -0.159. The van der Waals surface area contributed by atoms with Crippen LogP contribution in [-0.4, -0.2) is 46.3 Å². The van der Waals surface area contributed by atoms with Crippen molar-refractivity contribution >= 4 is 23.6 Å². The van der Waals surface area contributed by atoms with Crippen LogP contribution in [0.1, 0.15) is 0 Å². The maximum absolute atomic E-state index is 11.8. The van der Waals surface area contributed by atoms with Gasteiger partial charge in [-0.05, 0) is 6.08 Å². The zero-order valence-corrected chi connectivity index (χ0v) is 9.44. The molecule has 16 heavy (non-hydrogen) atoms. The monoisotopic (exact) mass is 244 g/mol. The summed E-state index contributed by atoms with van der Waals surface area (Å²) in [6, 6.07) is 0. The zero-order chi connectivity index (χ0) is 11.9. The molecule has 0 spiro atoms. The van der Waals surface area contributed by atoms with E-state index in [4.69, 9.17) is 15.6 Å². The average molecular weight is 244 g/mol. The number of amides is 1. The summed E-state index contributed by atoms with van der Waals surface area (Å²) >= 11 is 1.50. The Morgan fingerprint density at radius 3 is 3.06 bits per heavy atom. The predicted molar refractivity (Wildman–Crippen MR) is 57.3 cm³/mol. The van der Waals surface area contributed by atoms with Gasteiger partial charge in [0.2, 0.25) is 5.91 Å². The van der Waals surface area contributed by atoms with Crippen molar-refractivity contribution in [3.63, 3.8) is 0 Å². The summed E-state index contributed by atoms with van der Waals surface area (Å²) < 4.78 is 4.92. The van der Waals surface area contributed by atoms with E-state index >= 15 is 0 Å². The molecule has 2 unspecified atom stereocenters. The molecule has 0 saturated carbocycles. The maximum Gasteiger partial charge on any atom is 0.352 e. The third kappa shape index (κ3) is 1.51. The van der Waals surface area contributed by atoms with E-state index in [9.17, 15) is 9.59 Å². The fraction of sp³-hybridized carbons (Fsp3) is 0.556. The second kappa shape index (κ2) is 4.08. The van der Waals surface area contributed by atoms with E-state index in [1.54, 1.807) is 0 Å². The van der Waals surface area contributed by atoms with Gasteiger partial charge >= 0.3 is 5.97 Å². The molecular formula is C9H12N2O4S. The minimum absolute atomic E-state index is 0.0494. The predicted octanol–water partition coefficient (Wildman–Crippen LogP) is -0.583. The van der Waals surface area contributed by atoms with Crippen LogP contribution < -0.4 is 5.73 Å². The Kier molecular flexibility index (Phi) is 2.92. The molecule has 6 nitrogen and oxygen atoms in total. The maximum atomic E-state index is 11.8. The lowest BCUT2D eigenvalue weighted by atomic mass is 9.95. The van der Waals surface area contributed by atoms with Gasteiger partial charge in [0, 0.05) is 12.9 Å². The Labute approximate surface area is 96.4 Å². The number of carboxylic acid groups (broad SMARTS) is 1. The van der Waals surface area contributed by atoms with Crippen LogP contribution >= 0.6 is 11.8 Å². The zero-order valence-electron chi connectivity index (χ0n) is 8.62. The number of nitrogens with zero attached hydrogens (tertiary/aromatic N) is 1. The van der Waals surface area contributed by atoms with E-state index in [0.717, 1.165) is 0 Å². The van der Waals surface area contributed by atoms with Crippen LogP contribution in [0.2, 0.25) is 0 Å². The third-order valence-electron chi connectivity index (χ3n) is 2.73. The van der Waals surface area contributed by atoms with Gasteiger partial charge in [0.25, 0.3) is 0 Å². The summed E-state index contributed by atoms with van der Waals surface area (Å²) in [6.07, 6.45) is 0.866. The molecule has 0 aliphatic carbocycles. The number of aliphatic carboxylic acids is 1.